The zero-order valence-corrected chi connectivity index (χ0v) is 14.0. The first-order valence-electron chi connectivity index (χ1n) is 6.33. The van der Waals surface area contributed by atoms with Crippen LogP contribution >= 0.6 is 15.9 Å². The summed E-state index contributed by atoms with van der Waals surface area (Å²) in [5, 5.41) is 0. The Kier molecular flexibility index (Phi) is 4.61. The predicted octanol–water partition coefficient (Wildman–Crippen LogP) is 2.54. The van der Waals surface area contributed by atoms with Gasteiger partial charge in [-0.15, -0.1) is 0 Å². The van der Waals surface area contributed by atoms with Crippen molar-refractivity contribution in [1.82, 2.24) is 4.72 Å². The fourth-order valence-corrected chi connectivity index (χ4v) is 4.39. The van der Waals surface area contributed by atoms with E-state index in [1.807, 2.05) is 6.92 Å². The summed E-state index contributed by atoms with van der Waals surface area (Å²) in [6.45, 7) is 1.89. The lowest BCUT2D eigenvalue weighted by atomic mass is 10.2. The zero-order valence-electron chi connectivity index (χ0n) is 11.6. The topological polar surface area (TPSA) is 64.6 Å². The highest BCUT2D eigenvalue weighted by molar-refractivity contribution is 9.10. The molecule has 1 fully saturated rings. The van der Waals surface area contributed by atoms with Crippen molar-refractivity contribution in [2.75, 3.05) is 14.2 Å². The molecule has 1 saturated carbocycles. The first-order valence-corrected chi connectivity index (χ1v) is 8.60. The first kappa shape index (κ1) is 15.6. The third kappa shape index (κ3) is 3.27. The number of benzene rings is 1. The number of ether oxygens (including phenoxy) is 2. The Bertz CT molecular complexity index is 599. The molecule has 1 aliphatic rings. The Balaban J connectivity index is 2.35. The highest BCUT2D eigenvalue weighted by atomic mass is 79.9. The van der Waals surface area contributed by atoms with Crippen LogP contribution in [0.3, 0.4) is 0 Å². The number of halogens is 1. The molecule has 0 saturated heterocycles. The molecule has 1 aromatic rings. The molecule has 0 aliphatic heterocycles. The number of hydrogen-bond acceptors (Lipinski definition) is 4. The molecule has 0 unspecified atom stereocenters. The standard InChI is InChI=1S/C13H18BrNO4S/c1-8(9-4-5-9)15-20(16,17)13-7-12(19-3)11(18-2)6-10(13)14/h6-9,15H,4-5H2,1-3H3/t8-/m1/s1. The smallest absolute Gasteiger partial charge is 0.242 e. The molecule has 1 aliphatic carbocycles. The fourth-order valence-electron chi connectivity index (χ4n) is 2.04. The predicted molar refractivity (Wildman–Crippen MR) is 79.8 cm³/mol. The van der Waals surface area contributed by atoms with E-state index in [1.165, 1.54) is 20.3 Å². The van der Waals surface area contributed by atoms with Gasteiger partial charge in [0.05, 0.1) is 14.2 Å². The lowest BCUT2D eigenvalue weighted by Gasteiger charge is -2.16. The largest absolute Gasteiger partial charge is 0.493 e. The van der Waals surface area contributed by atoms with Gasteiger partial charge < -0.3 is 9.47 Å². The van der Waals surface area contributed by atoms with E-state index in [-0.39, 0.29) is 10.9 Å². The third-order valence-corrected chi connectivity index (χ3v) is 5.92. The van der Waals surface area contributed by atoms with Crippen molar-refractivity contribution >= 4 is 26.0 Å². The van der Waals surface area contributed by atoms with Gasteiger partial charge in [-0.05, 0) is 47.7 Å². The summed E-state index contributed by atoms with van der Waals surface area (Å²) < 4.78 is 38.3. The van der Waals surface area contributed by atoms with Crippen LogP contribution in [0.4, 0.5) is 0 Å². The van der Waals surface area contributed by atoms with Crippen LogP contribution in [0.15, 0.2) is 21.5 Å². The molecule has 2 rings (SSSR count). The second-order valence-electron chi connectivity index (χ2n) is 4.89. The van der Waals surface area contributed by atoms with Gasteiger partial charge in [-0.1, -0.05) is 0 Å². The number of methoxy groups -OCH3 is 2. The monoisotopic (exact) mass is 363 g/mol. The average molecular weight is 364 g/mol. The number of hydrogen-bond donors (Lipinski definition) is 1. The van der Waals surface area contributed by atoms with Crippen LogP contribution in [0.2, 0.25) is 0 Å². The molecule has 20 heavy (non-hydrogen) atoms. The van der Waals surface area contributed by atoms with E-state index in [9.17, 15) is 8.42 Å². The molecule has 0 amide bonds. The van der Waals surface area contributed by atoms with Crippen molar-refractivity contribution in [2.24, 2.45) is 5.92 Å². The molecule has 1 N–H and O–H groups in total. The van der Waals surface area contributed by atoms with E-state index in [1.54, 1.807) is 6.07 Å². The summed E-state index contributed by atoms with van der Waals surface area (Å²) in [6.07, 6.45) is 2.16. The van der Waals surface area contributed by atoms with Gasteiger partial charge in [0.2, 0.25) is 10.0 Å². The maximum Gasteiger partial charge on any atom is 0.242 e. The summed E-state index contributed by atoms with van der Waals surface area (Å²) in [5.41, 5.74) is 0. The molecule has 0 aromatic heterocycles. The van der Waals surface area contributed by atoms with Gasteiger partial charge in [0, 0.05) is 16.6 Å². The molecule has 0 heterocycles. The Morgan fingerprint density at radius 3 is 2.30 bits per heavy atom. The minimum atomic E-state index is -3.59. The summed E-state index contributed by atoms with van der Waals surface area (Å²) in [4.78, 5) is 0.155. The molecular formula is C13H18BrNO4S. The van der Waals surface area contributed by atoms with E-state index < -0.39 is 10.0 Å². The highest BCUT2D eigenvalue weighted by Crippen LogP contribution is 2.37. The highest BCUT2D eigenvalue weighted by Gasteiger charge is 2.32. The molecule has 7 heteroatoms. The Morgan fingerprint density at radius 1 is 1.25 bits per heavy atom. The molecule has 1 atom stereocenters. The van der Waals surface area contributed by atoms with Crippen molar-refractivity contribution in [1.29, 1.82) is 0 Å². The van der Waals surface area contributed by atoms with Crippen LogP contribution < -0.4 is 14.2 Å². The van der Waals surface area contributed by atoms with Gasteiger partial charge in [-0.2, -0.15) is 0 Å². The molecule has 1 aromatic carbocycles. The van der Waals surface area contributed by atoms with Gasteiger partial charge >= 0.3 is 0 Å². The maximum atomic E-state index is 12.4. The van der Waals surface area contributed by atoms with Crippen LogP contribution in [-0.2, 0) is 10.0 Å². The van der Waals surface area contributed by atoms with Crippen LogP contribution in [0.1, 0.15) is 19.8 Å². The van der Waals surface area contributed by atoms with E-state index in [4.69, 9.17) is 9.47 Å². The minimum absolute atomic E-state index is 0.0556. The van der Waals surface area contributed by atoms with E-state index in [0.29, 0.717) is 21.9 Å². The second-order valence-corrected chi connectivity index (χ2v) is 7.42. The van der Waals surface area contributed by atoms with Crippen LogP contribution in [0.25, 0.3) is 0 Å². The Morgan fingerprint density at radius 2 is 1.80 bits per heavy atom. The third-order valence-electron chi connectivity index (χ3n) is 3.40. The van der Waals surface area contributed by atoms with Crippen LogP contribution in [0, 0.1) is 5.92 Å². The first-order chi connectivity index (χ1) is 9.39. The lowest BCUT2D eigenvalue weighted by Crippen LogP contribution is -2.34. The molecule has 0 spiro atoms. The van der Waals surface area contributed by atoms with Gasteiger partial charge in [0.25, 0.3) is 0 Å². The fraction of sp³-hybridized carbons (Fsp3) is 0.538. The van der Waals surface area contributed by atoms with Crippen LogP contribution in [0.5, 0.6) is 11.5 Å². The minimum Gasteiger partial charge on any atom is -0.493 e. The molecule has 5 nitrogen and oxygen atoms in total. The summed E-state index contributed by atoms with van der Waals surface area (Å²) in [6, 6.07) is 3.00. The van der Waals surface area contributed by atoms with Gasteiger partial charge in [0.15, 0.2) is 11.5 Å². The van der Waals surface area contributed by atoms with Gasteiger partial charge in [-0.3, -0.25) is 0 Å². The molecule has 0 bridgehead atoms. The molecular weight excluding hydrogens is 346 g/mol. The van der Waals surface area contributed by atoms with Crippen molar-refractivity contribution in [3.05, 3.63) is 16.6 Å². The number of nitrogens with one attached hydrogen (secondary N) is 1. The van der Waals surface area contributed by atoms with Crippen LogP contribution in [-0.4, -0.2) is 28.7 Å². The van der Waals surface area contributed by atoms with Crippen molar-refractivity contribution in [3.8, 4) is 11.5 Å². The zero-order chi connectivity index (χ0) is 14.9. The van der Waals surface area contributed by atoms with Gasteiger partial charge in [-0.25, -0.2) is 13.1 Å². The van der Waals surface area contributed by atoms with Crippen molar-refractivity contribution in [2.45, 2.75) is 30.7 Å². The molecule has 112 valence electrons. The van der Waals surface area contributed by atoms with E-state index in [2.05, 4.69) is 20.7 Å². The normalized spacial score (nSPS) is 16.8. The quantitative estimate of drug-likeness (QED) is 0.843. The van der Waals surface area contributed by atoms with E-state index >= 15 is 0 Å². The second kappa shape index (κ2) is 5.91. The van der Waals surface area contributed by atoms with Crippen molar-refractivity contribution < 1.29 is 17.9 Å². The van der Waals surface area contributed by atoms with Crippen molar-refractivity contribution in [3.63, 3.8) is 0 Å². The molecule has 0 radical (unpaired) electrons. The maximum absolute atomic E-state index is 12.4. The Hall–Kier alpha value is -0.790. The summed E-state index contributed by atoms with van der Waals surface area (Å²) >= 11 is 3.27. The summed E-state index contributed by atoms with van der Waals surface area (Å²) in [5.74, 6) is 1.31. The number of sulfonamides is 1. The average Bonchev–Trinajstić information content (AvgIpc) is 3.21. The number of rotatable bonds is 6. The van der Waals surface area contributed by atoms with Gasteiger partial charge in [0.1, 0.15) is 4.90 Å². The SMILES string of the molecule is COc1cc(Br)c(S(=O)(=O)N[C@H](C)C2CC2)cc1OC. The Labute approximate surface area is 127 Å². The lowest BCUT2D eigenvalue weighted by molar-refractivity contribution is 0.353. The van der Waals surface area contributed by atoms with E-state index in [0.717, 1.165) is 12.8 Å². The summed E-state index contributed by atoms with van der Waals surface area (Å²) in [7, 11) is -0.605.